The number of carbonyl (C=O) groups is 2. The third kappa shape index (κ3) is 7.17. The van der Waals surface area contributed by atoms with Gasteiger partial charge in [-0.15, -0.1) is 0 Å². The lowest BCUT2D eigenvalue weighted by molar-refractivity contribution is -0.127. The fourth-order valence-corrected chi connectivity index (χ4v) is 5.04. The van der Waals surface area contributed by atoms with E-state index in [4.69, 9.17) is 14.9 Å². The molecule has 0 saturated heterocycles. The van der Waals surface area contributed by atoms with Crippen LogP contribution in [0, 0.1) is 5.41 Å². The second kappa shape index (κ2) is 13.9. The van der Waals surface area contributed by atoms with Crippen LogP contribution in [0.3, 0.4) is 0 Å². The first-order chi connectivity index (χ1) is 20.9. The maximum atomic E-state index is 12.3. The van der Waals surface area contributed by atoms with E-state index in [0.29, 0.717) is 49.6 Å². The lowest BCUT2D eigenvalue weighted by Crippen LogP contribution is -2.35. The number of benzene rings is 2. The molecule has 10 nitrogen and oxygen atoms in total. The summed E-state index contributed by atoms with van der Waals surface area (Å²) in [5.41, 5.74) is 6.44. The van der Waals surface area contributed by atoms with Crippen LogP contribution >= 0.6 is 0 Å². The molecular weight excluding hydrogens is 544 g/mol. The van der Waals surface area contributed by atoms with Gasteiger partial charge in [-0.1, -0.05) is 37.3 Å². The number of rotatable bonds is 14. The molecule has 1 amide bonds. The molecule has 5 N–H and O–H groups in total. The number of hydrogen-bond acceptors (Lipinski definition) is 8. The van der Waals surface area contributed by atoms with Crippen LogP contribution in [0.4, 0.5) is 5.69 Å². The average molecular weight is 581 g/mol. The topological polar surface area (TPSA) is 141 Å². The Labute approximate surface area is 250 Å². The van der Waals surface area contributed by atoms with Gasteiger partial charge in [-0.25, -0.2) is 0 Å². The van der Waals surface area contributed by atoms with Gasteiger partial charge in [-0.3, -0.25) is 14.6 Å². The predicted molar refractivity (Wildman–Crippen MR) is 169 cm³/mol. The summed E-state index contributed by atoms with van der Waals surface area (Å²) in [6.07, 6.45) is 9.39. The zero-order valence-electron chi connectivity index (χ0n) is 24.3. The van der Waals surface area contributed by atoms with Gasteiger partial charge in [0.1, 0.15) is 12.8 Å². The van der Waals surface area contributed by atoms with Crippen molar-refractivity contribution in [2.24, 2.45) is 0 Å². The molecule has 43 heavy (non-hydrogen) atoms. The molecule has 0 spiro atoms. The summed E-state index contributed by atoms with van der Waals surface area (Å²) in [5, 5.41) is 19.6. The normalized spacial score (nSPS) is 14.4. The number of Topliss-reactive ketones (excluding diaryl/α,β-unsaturated/α-hetero) is 1. The van der Waals surface area contributed by atoms with Gasteiger partial charge in [0, 0.05) is 82.4 Å². The van der Waals surface area contributed by atoms with E-state index in [0.717, 1.165) is 38.6 Å². The number of allylic oxidation sites excluding steroid dienone is 2. The van der Waals surface area contributed by atoms with Crippen LogP contribution in [0.15, 0.2) is 73.2 Å². The predicted octanol–water partition coefficient (Wildman–Crippen LogP) is 4.78. The summed E-state index contributed by atoms with van der Waals surface area (Å²) in [5.74, 6) is -0.218. The van der Waals surface area contributed by atoms with Gasteiger partial charge < -0.3 is 35.8 Å². The van der Waals surface area contributed by atoms with Crippen molar-refractivity contribution in [3.05, 3.63) is 89.9 Å². The molecule has 4 aromatic rings. The Bertz CT molecular complexity index is 1710. The highest BCUT2D eigenvalue weighted by molar-refractivity contribution is 6.12. The average Bonchev–Trinajstić information content (AvgIpc) is 3.41. The van der Waals surface area contributed by atoms with Crippen molar-refractivity contribution in [3.8, 4) is 0 Å². The Morgan fingerprint density at radius 1 is 1.07 bits per heavy atom. The van der Waals surface area contributed by atoms with Gasteiger partial charge in [0.15, 0.2) is 5.78 Å². The third-order valence-electron chi connectivity index (χ3n) is 7.17. The number of ketones is 1. The molecule has 2 aromatic heterocycles. The number of dihydropyridines is 1. The van der Waals surface area contributed by atoms with E-state index >= 15 is 0 Å². The summed E-state index contributed by atoms with van der Waals surface area (Å²) in [6, 6.07) is 13.7. The molecule has 2 aromatic carbocycles. The lowest BCUT2D eigenvalue weighted by Gasteiger charge is -2.19. The second-order valence-corrected chi connectivity index (χ2v) is 10.2. The summed E-state index contributed by atoms with van der Waals surface area (Å²) in [7, 11) is 0. The Morgan fingerprint density at radius 3 is 2.72 bits per heavy atom. The number of amides is 1. The van der Waals surface area contributed by atoms with Gasteiger partial charge in [0.2, 0.25) is 5.91 Å². The van der Waals surface area contributed by atoms with Crippen molar-refractivity contribution in [1.82, 2.24) is 20.6 Å². The van der Waals surface area contributed by atoms with Crippen molar-refractivity contribution >= 4 is 50.5 Å². The standard InChI is InChI=1S/C33H36N6O4/c1-3-30(40)25-5-4-6-28(33(25)21(2)34)36-13-15-42-16-14-37-31(41)20-43-32-10-8-23(18-38-32)22-7-9-24-26-19-35-12-11-27(26)39-29(24)17-22/h4-12,17-19,32,34,36,38-39H,3,13-16,20H2,1-2H3,(H,37,41). The van der Waals surface area contributed by atoms with Gasteiger partial charge in [0.05, 0.1) is 13.2 Å². The largest absolute Gasteiger partial charge is 0.382 e. The van der Waals surface area contributed by atoms with Crippen molar-refractivity contribution < 1.29 is 19.1 Å². The number of aromatic amines is 1. The molecule has 1 aliphatic heterocycles. The summed E-state index contributed by atoms with van der Waals surface area (Å²) in [4.78, 5) is 32.1. The minimum absolute atomic E-state index is 0.00970. The molecule has 0 bridgehead atoms. The van der Waals surface area contributed by atoms with E-state index in [1.54, 1.807) is 19.2 Å². The van der Waals surface area contributed by atoms with E-state index in [-0.39, 0.29) is 18.3 Å². The minimum atomic E-state index is -0.402. The smallest absolute Gasteiger partial charge is 0.246 e. The number of nitrogens with zero attached hydrogens (tertiary/aromatic N) is 1. The molecule has 5 rings (SSSR count). The van der Waals surface area contributed by atoms with Gasteiger partial charge in [-0.2, -0.15) is 0 Å². The van der Waals surface area contributed by atoms with Crippen LogP contribution in [0.25, 0.3) is 27.4 Å². The Kier molecular flexibility index (Phi) is 9.60. The zero-order chi connectivity index (χ0) is 30.2. The maximum Gasteiger partial charge on any atom is 0.246 e. The Morgan fingerprint density at radius 2 is 1.93 bits per heavy atom. The quantitative estimate of drug-likeness (QED) is 0.0821. The molecule has 0 radical (unpaired) electrons. The number of fused-ring (bicyclic) bond motifs is 3. The van der Waals surface area contributed by atoms with Crippen LogP contribution in [-0.2, 0) is 14.3 Å². The molecule has 3 heterocycles. The van der Waals surface area contributed by atoms with Crippen molar-refractivity contribution in [2.75, 3.05) is 38.2 Å². The van der Waals surface area contributed by atoms with Gasteiger partial charge in [-0.05, 0) is 42.3 Å². The minimum Gasteiger partial charge on any atom is -0.382 e. The number of carbonyl (C=O) groups excluding carboxylic acids is 2. The van der Waals surface area contributed by atoms with E-state index in [1.807, 2.05) is 49.7 Å². The Hall–Kier alpha value is -4.80. The summed E-state index contributed by atoms with van der Waals surface area (Å²) >= 11 is 0. The highest BCUT2D eigenvalue weighted by Crippen LogP contribution is 2.28. The van der Waals surface area contributed by atoms with Crippen molar-refractivity contribution in [2.45, 2.75) is 26.5 Å². The molecule has 1 unspecified atom stereocenters. The third-order valence-corrected chi connectivity index (χ3v) is 7.17. The van der Waals surface area contributed by atoms with Crippen LogP contribution in [0.2, 0.25) is 0 Å². The number of pyridine rings is 1. The number of H-pyrrole nitrogens is 1. The van der Waals surface area contributed by atoms with E-state index in [9.17, 15) is 9.59 Å². The zero-order valence-corrected chi connectivity index (χ0v) is 24.3. The van der Waals surface area contributed by atoms with Crippen LogP contribution in [0.1, 0.15) is 41.8 Å². The summed E-state index contributed by atoms with van der Waals surface area (Å²) < 4.78 is 11.3. The number of hydrogen-bond donors (Lipinski definition) is 5. The van der Waals surface area contributed by atoms with Gasteiger partial charge >= 0.3 is 0 Å². The van der Waals surface area contributed by atoms with E-state index in [2.05, 4.69) is 44.1 Å². The van der Waals surface area contributed by atoms with E-state index in [1.165, 1.54) is 0 Å². The summed E-state index contributed by atoms with van der Waals surface area (Å²) in [6.45, 7) is 5.03. The maximum absolute atomic E-state index is 12.3. The molecule has 0 saturated carbocycles. The molecular formula is C33H36N6O4. The first-order valence-corrected chi connectivity index (χ1v) is 14.4. The van der Waals surface area contributed by atoms with Crippen LogP contribution < -0.4 is 16.0 Å². The van der Waals surface area contributed by atoms with Crippen molar-refractivity contribution in [3.63, 3.8) is 0 Å². The number of aromatic nitrogens is 2. The molecule has 1 aliphatic rings. The molecule has 10 heteroatoms. The first-order valence-electron chi connectivity index (χ1n) is 14.4. The number of anilines is 1. The lowest BCUT2D eigenvalue weighted by atomic mass is 9.97. The number of nitrogens with one attached hydrogen (secondary N) is 5. The van der Waals surface area contributed by atoms with Crippen molar-refractivity contribution in [1.29, 1.82) is 5.41 Å². The highest BCUT2D eigenvalue weighted by Gasteiger charge is 2.15. The van der Waals surface area contributed by atoms with Crippen LogP contribution in [0.5, 0.6) is 0 Å². The first kappa shape index (κ1) is 29.7. The Balaban J connectivity index is 0.988. The fraction of sp³-hybridized carbons (Fsp3) is 0.273. The monoisotopic (exact) mass is 580 g/mol. The second-order valence-electron chi connectivity index (χ2n) is 10.2. The fourth-order valence-electron chi connectivity index (χ4n) is 5.04. The molecule has 222 valence electrons. The van der Waals surface area contributed by atoms with Crippen LogP contribution in [-0.4, -0.2) is 66.5 Å². The highest BCUT2D eigenvalue weighted by atomic mass is 16.5. The molecule has 0 aliphatic carbocycles. The van der Waals surface area contributed by atoms with E-state index < -0.39 is 6.23 Å². The number of ether oxygens (including phenoxy) is 2. The van der Waals surface area contributed by atoms with Gasteiger partial charge in [0.25, 0.3) is 0 Å². The SMILES string of the molecule is CCC(=O)c1cccc(NCCOCCNC(=O)COC2C=CC(c3ccc4c(c3)[nH]c3ccncc34)=CN2)c1C(C)=N. The molecule has 0 fully saturated rings. The molecule has 1 atom stereocenters.